The molecule has 0 saturated carbocycles. The Morgan fingerprint density at radius 3 is 2.76 bits per heavy atom. The molecule has 7 nitrogen and oxygen atoms in total. The first-order valence-electron chi connectivity index (χ1n) is 4.74. The lowest BCUT2D eigenvalue weighted by Gasteiger charge is -2.09. The molecule has 0 aromatic heterocycles. The number of hydrazine groups is 1. The van der Waals surface area contributed by atoms with Crippen molar-refractivity contribution in [3.8, 4) is 0 Å². The number of anilines is 1. The van der Waals surface area contributed by atoms with Crippen LogP contribution in [0.25, 0.3) is 0 Å². The van der Waals surface area contributed by atoms with Gasteiger partial charge in [-0.2, -0.15) is 0 Å². The Morgan fingerprint density at radius 1 is 1.41 bits per heavy atom. The molecule has 0 aliphatic carbocycles. The molecule has 0 aliphatic heterocycles. The Morgan fingerprint density at radius 2 is 2.12 bits per heavy atom. The van der Waals surface area contributed by atoms with Gasteiger partial charge in [-0.1, -0.05) is 12.1 Å². The predicted octanol–water partition coefficient (Wildman–Crippen LogP) is 1.46. The van der Waals surface area contributed by atoms with Crippen LogP contribution in [-0.4, -0.2) is 23.4 Å². The molecule has 0 unspecified atom stereocenters. The minimum absolute atomic E-state index is 0.120. The van der Waals surface area contributed by atoms with Gasteiger partial charge in [0.15, 0.2) is 0 Å². The summed E-state index contributed by atoms with van der Waals surface area (Å²) in [7, 11) is 0. The van der Waals surface area contributed by atoms with Crippen LogP contribution in [0, 0.1) is 10.1 Å². The molecule has 0 atom stereocenters. The normalized spacial score (nSPS) is 9.47. The molecular weight excluding hydrogens is 248 g/mol. The van der Waals surface area contributed by atoms with E-state index in [-0.39, 0.29) is 11.4 Å². The van der Waals surface area contributed by atoms with E-state index in [1.54, 1.807) is 6.07 Å². The zero-order valence-electron chi connectivity index (χ0n) is 8.77. The minimum atomic E-state index is -0.541. The Labute approximate surface area is 102 Å². The van der Waals surface area contributed by atoms with Crippen molar-refractivity contribution in [3.05, 3.63) is 34.4 Å². The van der Waals surface area contributed by atoms with Crippen molar-refractivity contribution < 1.29 is 9.72 Å². The van der Waals surface area contributed by atoms with E-state index in [0.717, 1.165) is 0 Å². The van der Waals surface area contributed by atoms with Gasteiger partial charge in [0.2, 0.25) is 0 Å². The number of halogens is 1. The maximum atomic E-state index is 11.1. The smallest absolute Gasteiger partial charge is 0.333 e. The van der Waals surface area contributed by atoms with Crippen molar-refractivity contribution >= 4 is 29.0 Å². The average molecular weight is 259 g/mol. The summed E-state index contributed by atoms with van der Waals surface area (Å²) >= 11 is 5.38. The third-order valence-electron chi connectivity index (χ3n) is 1.79. The van der Waals surface area contributed by atoms with Crippen molar-refractivity contribution in [1.82, 2.24) is 10.7 Å². The molecule has 1 aromatic rings. The summed E-state index contributed by atoms with van der Waals surface area (Å²) in [5.74, 6) is 0.291. The molecule has 17 heavy (non-hydrogen) atoms. The van der Waals surface area contributed by atoms with Crippen molar-refractivity contribution in [1.29, 1.82) is 0 Å². The van der Waals surface area contributed by atoms with Crippen LogP contribution in [0.3, 0.4) is 0 Å². The fourth-order valence-corrected chi connectivity index (χ4v) is 1.16. The van der Waals surface area contributed by atoms with E-state index in [0.29, 0.717) is 12.4 Å². The van der Waals surface area contributed by atoms with Crippen LogP contribution in [0.2, 0.25) is 0 Å². The summed E-state index contributed by atoms with van der Waals surface area (Å²) in [4.78, 5) is 21.3. The number of alkyl halides is 1. The van der Waals surface area contributed by atoms with Crippen LogP contribution >= 0.6 is 11.6 Å². The number of rotatable bonds is 5. The summed E-state index contributed by atoms with van der Waals surface area (Å²) in [6.07, 6.45) is 0. The number of hydrogen-bond acceptors (Lipinski definition) is 4. The van der Waals surface area contributed by atoms with Gasteiger partial charge in [-0.3, -0.25) is 21.0 Å². The maximum Gasteiger partial charge on any atom is 0.333 e. The number of carbonyl (C=O) groups is 1. The Kier molecular flexibility index (Phi) is 5.02. The van der Waals surface area contributed by atoms with E-state index < -0.39 is 11.0 Å². The monoisotopic (exact) mass is 258 g/mol. The molecule has 0 radical (unpaired) electrons. The Balaban J connectivity index is 2.57. The molecule has 0 aliphatic rings. The van der Waals surface area contributed by atoms with E-state index in [9.17, 15) is 14.9 Å². The predicted molar refractivity (Wildman–Crippen MR) is 64.0 cm³/mol. The van der Waals surface area contributed by atoms with Crippen molar-refractivity contribution in [2.24, 2.45) is 0 Å². The molecule has 0 saturated heterocycles. The lowest BCUT2D eigenvalue weighted by molar-refractivity contribution is -0.384. The molecule has 2 amide bonds. The van der Waals surface area contributed by atoms with Crippen LogP contribution in [-0.2, 0) is 0 Å². The van der Waals surface area contributed by atoms with Gasteiger partial charge in [0.1, 0.15) is 5.69 Å². The summed E-state index contributed by atoms with van der Waals surface area (Å²) < 4.78 is 0. The number of amides is 2. The fraction of sp³-hybridized carbons (Fsp3) is 0.222. The third-order valence-corrected chi connectivity index (χ3v) is 1.98. The van der Waals surface area contributed by atoms with Gasteiger partial charge in [-0.25, -0.2) is 4.79 Å². The van der Waals surface area contributed by atoms with Crippen LogP contribution in [0.15, 0.2) is 24.3 Å². The van der Waals surface area contributed by atoms with E-state index in [2.05, 4.69) is 16.2 Å². The van der Waals surface area contributed by atoms with Crippen LogP contribution in [0.4, 0.5) is 16.2 Å². The van der Waals surface area contributed by atoms with Crippen LogP contribution < -0.4 is 16.2 Å². The van der Waals surface area contributed by atoms with Crippen molar-refractivity contribution in [3.63, 3.8) is 0 Å². The highest BCUT2D eigenvalue weighted by Gasteiger charge is 2.12. The van der Waals surface area contributed by atoms with Gasteiger partial charge in [-0.05, 0) is 6.07 Å². The number of hydrogen-bond donors (Lipinski definition) is 3. The lowest BCUT2D eigenvalue weighted by atomic mass is 10.3. The quantitative estimate of drug-likeness (QED) is 0.423. The largest absolute Gasteiger partial charge is 0.336 e. The number of para-hydroxylation sites is 2. The third kappa shape index (κ3) is 4.15. The second-order valence-electron chi connectivity index (χ2n) is 2.97. The maximum absolute atomic E-state index is 11.1. The molecular formula is C9H11ClN4O3. The number of nitro benzene ring substituents is 1. The van der Waals surface area contributed by atoms with Crippen LogP contribution in [0.5, 0.6) is 0 Å². The first-order valence-corrected chi connectivity index (χ1v) is 5.28. The Bertz CT molecular complexity index is 413. The molecule has 0 fully saturated rings. The summed E-state index contributed by atoms with van der Waals surface area (Å²) in [5.41, 5.74) is 4.81. The van der Waals surface area contributed by atoms with Gasteiger partial charge in [0.05, 0.1) is 4.92 Å². The molecule has 1 aromatic carbocycles. The highest BCUT2D eigenvalue weighted by atomic mass is 35.5. The zero-order valence-corrected chi connectivity index (χ0v) is 9.53. The first kappa shape index (κ1) is 13.0. The number of benzene rings is 1. The number of urea groups is 1. The highest BCUT2D eigenvalue weighted by molar-refractivity contribution is 6.18. The average Bonchev–Trinajstić information content (AvgIpc) is 2.34. The first-order chi connectivity index (χ1) is 8.15. The molecule has 0 bridgehead atoms. The number of nitrogens with zero attached hydrogens (tertiary/aromatic N) is 1. The lowest BCUT2D eigenvalue weighted by Crippen LogP contribution is -2.39. The van der Waals surface area contributed by atoms with Crippen molar-refractivity contribution in [2.75, 3.05) is 17.9 Å². The number of nitro groups is 1. The summed E-state index contributed by atoms with van der Waals surface area (Å²) in [5, 5.41) is 13.1. The molecule has 92 valence electrons. The minimum Gasteiger partial charge on any atom is -0.336 e. The van der Waals surface area contributed by atoms with E-state index in [4.69, 9.17) is 11.6 Å². The molecule has 1 rings (SSSR count). The SMILES string of the molecule is O=C(NCCCl)NNc1ccccc1[N+](=O)[O-]. The zero-order chi connectivity index (χ0) is 12.7. The fourth-order valence-electron chi connectivity index (χ4n) is 1.07. The van der Waals surface area contributed by atoms with E-state index >= 15 is 0 Å². The second kappa shape index (κ2) is 6.54. The van der Waals surface area contributed by atoms with Gasteiger partial charge in [-0.15, -0.1) is 11.6 Å². The second-order valence-corrected chi connectivity index (χ2v) is 3.35. The topological polar surface area (TPSA) is 96.3 Å². The summed E-state index contributed by atoms with van der Waals surface area (Å²) in [6.45, 7) is 0.311. The van der Waals surface area contributed by atoms with Crippen molar-refractivity contribution in [2.45, 2.75) is 0 Å². The number of nitrogens with one attached hydrogen (secondary N) is 3. The number of carbonyl (C=O) groups excluding carboxylic acids is 1. The van der Waals surface area contributed by atoms with E-state index in [1.165, 1.54) is 18.2 Å². The van der Waals surface area contributed by atoms with Gasteiger partial charge < -0.3 is 5.32 Å². The molecule has 8 heteroatoms. The Hall–Kier alpha value is -2.02. The van der Waals surface area contributed by atoms with Crippen LogP contribution in [0.1, 0.15) is 0 Å². The van der Waals surface area contributed by atoms with Gasteiger partial charge in [0.25, 0.3) is 5.69 Å². The van der Waals surface area contributed by atoms with E-state index in [1.807, 2.05) is 0 Å². The molecule has 0 spiro atoms. The van der Waals surface area contributed by atoms with Gasteiger partial charge in [0, 0.05) is 18.5 Å². The molecule has 3 N–H and O–H groups in total. The standard InChI is InChI=1S/C9H11ClN4O3/c10-5-6-11-9(15)13-12-7-3-1-2-4-8(7)14(16)17/h1-4,12H,5-6H2,(H2,11,13,15). The molecule has 0 heterocycles. The highest BCUT2D eigenvalue weighted by Crippen LogP contribution is 2.21. The summed E-state index contributed by atoms with van der Waals surface area (Å²) in [6, 6.07) is 5.47. The van der Waals surface area contributed by atoms with Gasteiger partial charge >= 0.3 is 6.03 Å².